The van der Waals surface area contributed by atoms with Gasteiger partial charge in [-0.1, -0.05) is 37.3 Å². The van der Waals surface area contributed by atoms with Crippen LogP contribution in [0.25, 0.3) is 0 Å². The normalized spacial score (nSPS) is 17.5. The number of nitrogens with zero attached hydrogens (tertiary/aromatic N) is 1. The molecular formula is C21H25NO2. The number of carbonyl (C=O) groups is 1. The highest BCUT2D eigenvalue weighted by atomic mass is 16.5. The average molecular weight is 323 g/mol. The van der Waals surface area contributed by atoms with Gasteiger partial charge in [-0.3, -0.25) is 4.79 Å². The molecule has 1 aliphatic rings. The number of carbonyl (C=O) groups excluding carboxylic acids is 1. The zero-order valence-electron chi connectivity index (χ0n) is 14.9. The van der Waals surface area contributed by atoms with Crippen molar-refractivity contribution in [2.45, 2.75) is 52.7 Å². The zero-order chi connectivity index (χ0) is 17.3. The minimum absolute atomic E-state index is 0.0517. The van der Waals surface area contributed by atoms with E-state index in [4.69, 9.17) is 4.74 Å². The lowest BCUT2D eigenvalue weighted by molar-refractivity contribution is -0.125. The summed E-state index contributed by atoms with van der Waals surface area (Å²) in [5.74, 6) is 0.853. The largest absolute Gasteiger partial charge is 0.480 e. The van der Waals surface area contributed by atoms with Crippen LogP contribution in [0, 0.1) is 13.8 Å². The summed E-state index contributed by atoms with van der Waals surface area (Å²) in [5.41, 5.74) is 4.53. The zero-order valence-corrected chi connectivity index (χ0v) is 14.9. The maximum absolute atomic E-state index is 13.2. The number of hydrogen-bond acceptors (Lipinski definition) is 2. The number of benzene rings is 2. The molecule has 2 aromatic rings. The second kappa shape index (κ2) is 6.68. The Morgan fingerprint density at radius 1 is 1.21 bits per heavy atom. The maximum Gasteiger partial charge on any atom is 0.268 e. The van der Waals surface area contributed by atoms with Gasteiger partial charge in [0.1, 0.15) is 5.75 Å². The molecule has 3 nitrogen and oxygen atoms in total. The highest BCUT2D eigenvalue weighted by Crippen LogP contribution is 2.33. The van der Waals surface area contributed by atoms with Crippen LogP contribution >= 0.6 is 0 Å². The van der Waals surface area contributed by atoms with Gasteiger partial charge in [0.15, 0.2) is 6.10 Å². The molecule has 24 heavy (non-hydrogen) atoms. The highest BCUT2D eigenvalue weighted by molar-refractivity contribution is 5.99. The Labute approximate surface area is 144 Å². The molecule has 3 heteroatoms. The van der Waals surface area contributed by atoms with E-state index in [9.17, 15) is 4.79 Å². The first-order valence-corrected chi connectivity index (χ1v) is 8.66. The van der Waals surface area contributed by atoms with Gasteiger partial charge < -0.3 is 9.64 Å². The van der Waals surface area contributed by atoms with Crippen molar-refractivity contribution in [3.05, 3.63) is 59.2 Å². The summed E-state index contributed by atoms with van der Waals surface area (Å²) in [4.78, 5) is 15.1. The van der Waals surface area contributed by atoms with Crippen molar-refractivity contribution in [3.8, 4) is 5.75 Å². The van der Waals surface area contributed by atoms with E-state index in [1.165, 1.54) is 11.1 Å². The third kappa shape index (κ3) is 2.91. The third-order valence-corrected chi connectivity index (χ3v) is 4.92. The van der Waals surface area contributed by atoms with Gasteiger partial charge in [0.05, 0.1) is 0 Å². The fourth-order valence-electron chi connectivity index (χ4n) is 3.37. The van der Waals surface area contributed by atoms with Crippen molar-refractivity contribution in [1.82, 2.24) is 0 Å². The van der Waals surface area contributed by atoms with Crippen molar-refractivity contribution >= 4 is 11.6 Å². The number of rotatable bonds is 4. The van der Waals surface area contributed by atoms with Crippen molar-refractivity contribution in [2.24, 2.45) is 0 Å². The smallest absolute Gasteiger partial charge is 0.268 e. The maximum atomic E-state index is 13.2. The van der Waals surface area contributed by atoms with Crippen LogP contribution < -0.4 is 9.64 Å². The van der Waals surface area contributed by atoms with Crippen LogP contribution in [0.5, 0.6) is 5.75 Å². The number of anilines is 1. The molecule has 0 N–H and O–H groups in total. The van der Waals surface area contributed by atoms with Gasteiger partial charge in [0.2, 0.25) is 0 Å². The molecule has 1 heterocycles. The molecule has 1 aliphatic heterocycles. The minimum atomic E-state index is -0.459. The van der Waals surface area contributed by atoms with Gasteiger partial charge >= 0.3 is 0 Å². The lowest BCUT2D eigenvalue weighted by Crippen LogP contribution is -2.44. The van der Waals surface area contributed by atoms with Gasteiger partial charge in [-0.15, -0.1) is 0 Å². The summed E-state index contributed by atoms with van der Waals surface area (Å²) in [6, 6.07) is 14.3. The fourth-order valence-corrected chi connectivity index (χ4v) is 3.37. The number of aryl methyl sites for hydroxylation is 1. The Bertz CT molecular complexity index is 753. The van der Waals surface area contributed by atoms with Crippen LogP contribution in [-0.4, -0.2) is 18.1 Å². The Hall–Kier alpha value is -2.29. The van der Waals surface area contributed by atoms with Crippen LogP contribution in [-0.2, 0) is 11.2 Å². The summed E-state index contributed by atoms with van der Waals surface area (Å²) in [6.45, 7) is 8.20. The van der Waals surface area contributed by atoms with Crippen LogP contribution in [0.3, 0.4) is 0 Å². The summed E-state index contributed by atoms with van der Waals surface area (Å²) >= 11 is 0. The molecule has 0 bridgehead atoms. The van der Waals surface area contributed by atoms with Crippen LogP contribution in [0.15, 0.2) is 42.5 Å². The lowest BCUT2D eigenvalue weighted by atomic mass is 10.1. The van der Waals surface area contributed by atoms with E-state index in [-0.39, 0.29) is 11.9 Å². The molecule has 0 aliphatic carbocycles. The SMILES string of the molecule is CC[C@H](Oc1cccc(C)c1C)C(=O)N1c2ccccc2C[C@H]1C. The molecule has 0 spiro atoms. The van der Waals surface area contributed by atoms with E-state index >= 15 is 0 Å². The van der Waals surface area contributed by atoms with Gasteiger partial charge in [-0.05, 0) is 62.4 Å². The van der Waals surface area contributed by atoms with E-state index in [1.54, 1.807) is 0 Å². The summed E-state index contributed by atoms with van der Waals surface area (Å²) in [7, 11) is 0. The van der Waals surface area contributed by atoms with Crippen molar-refractivity contribution < 1.29 is 9.53 Å². The second-order valence-corrected chi connectivity index (χ2v) is 6.60. The van der Waals surface area contributed by atoms with Gasteiger partial charge in [0.25, 0.3) is 5.91 Å². The summed E-state index contributed by atoms with van der Waals surface area (Å²) in [5, 5.41) is 0. The molecule has 3 rings (SSSR count). The molecule has 1 amide bonds. The van der Waals surface area contributed by atoms with E-state index < -0.39 is 6.10 Å². The highest BCUT2D eigenvalue weighted by Gasteiger charge is 2.35. The minimum Gasteiger partial charge on any atom is -0.480 e. The molecule has 0 radical (unpaired) electrons. The van der Waals surface area contributed by atoms with Crippen LogP contribution in [0.2, 0.25) is 0 Å². The number of ether oxygens (including phenoxy) is 1. The van der Waals surface area contributed by atoms with E-state index in [0.29, 0.717) is 6.42 Å². The predicted molar refractivity (Wildman–Crippen MR) is 97.7 cm³/mol. The van der Waals surface area contributed by atoms with Gasteiger partial charge in [0, 0.05) is 11.7 Å². The van der Waals surface area contributed by atoms with Crippen molar-refractivity contribution in [2.75, 3.05) is 4.90 Å². The number of hydrogen-bond donors (Lipinski definition) is 0. The van der Waals surface area contributed by atoms with E-state index in [0.717, 1.165) is 23.4 Å². The first kappa shape index (κ1) is 16.6. The molecule has 2 aromatic carbocycles. The Morgan fingerprint density at radius 3 is 2.71 bits per heavy atom. The van der Waals surface area contributed by atoms with E-state index in [1.807, 2.05) is 49.1 Å². The molecule has 0 saturated heterocycles. The van der Waals surface area contributed by atoms with Crippen molar-refractivity contribution in [1.29, 1.82) is 0 Å². The Morgan fingerprint density at radius 2 is 1.96 bits per heavy atom. The average Bonchev–Trinajstić information content (AvgIpc) is 2.91. The summed E-state index contributed by atoms with van der Waals surface area (Å²) in [6.07, 6.45) is 1.10. The topological polar surface area (TPSA) is 29.5 Å². The quantitative estimate of drug-likeness (QED) is 0.832. The van der Waals surface area contributed by atoms with Crippen molar-refractivity contribution in [3.63, 3.8) is 0 Å². The third-order valence-electron chi connectivity index (χ3n) is 4.92. The lowest BCUT2D eigenvalue weighted by Gasteiger charge is -2.28. The Kier molecular flexibility index (Phi) is 4.61. The standard InChI is InChI=1S/C21H25NO2/c1-5-19(24-20-12-8-9-14(2)16(20)4)21(23)22-15(3)13-17-10-6-7-11-18(17)22/h6-12,15,19H,5,13H2,1-4H3/t15-,19+/m1/s1. The van der Waals surface area contributed by atoms with Crippen LogP contribution in [0.1, 0.15) is 37.0 Å². The number of para-hydroxylation sites is 1. The monoisotopic (exact) mass is 323 g/mol. The number of fused-ring (bicyclic) bond motifs is 1. The molecular weight excluding hydrogens is 298 g/mol. The molecule has 0 saturated carbocycles. The molecule has 2 atom stereocenters. The predicted octanol–water partition coefficient (Wildman–Crippen LogP) is 4.44. The number of amides is 1. The van der Waals surface area contributed by atoms with Gasteiger partial charge in [-0.25, -0.2) is 0 Å². The first-order chi connectivity index (χ1) is 11.5. The summed E-state index contributed by atoms with van der Waals surface area (Å²) < 4.78 is 6.12. The van der Waals surface area contributed by atoms with Crippen LogP contribution in [0.4, 0.5) is 5.69 Å². The fraction of sp³-hybridized carbons (Fsp3) is 0.381. The van der Waals surface area contributed by atoms with Gasteiger partial charge in [-0.2, -0.15) is 0 Å². The molecule has 0 unspecified atom stereocenters. The molecule has 0 fully saturated rings. The Balaban J connectivity index is 1.86. The second-order valence-electron chi connectivity index (χ2n) is 6.60. The molecule has 0 aromatic heterocycles. The molecule has 126 valence electrons. The first-order valence-electron chi connectivity index (χ1n) is 8.66. The van der Waals surface area contributed by atoms with E-state index in [2.05, 4.69) is 26.0 Å².